The van der Waals surface area contributed by atoms with Gasteiger partial charge in [-0.3, -0.25) is 9.69 Å². The molecule has 5 rings (SSSR count). The predicted octanol–water partition coefficient (Wildman–Crippen LogP) is 4.95. The number of amides is 1. The van der Waals surface area contributed by atoms with Crippen LogP contribution in [0.4, 0.5) is 0 Å². The Hall–Kier alpha value is -2.63. The first-order chi connectivity index (χ1) is 15.6. The highest BCUT2D eigenvalue weighted by molar-refractivity contribution is 5.77. The third kappa shape index (κ3) is 3.63. The van der Waals surface area contributed by atoms with E-state index in [1.807, 2.05) is 32.0 Å². The number of hydrogen-bond donors (Lipinski definition) is 1. The molecule has 0 bridgehead atoms. The third-order valence-corrected chi connectivity index (χ3v) is 7.27. The van der Waals surface area contributed by atoms with E-state index in [4.69, 9.17) is 9.15 Å². The lowest BCUT2D eigenvalue weighted by Crippen LogP contribution is -2.50. The van der Waals surface area contributed by atoms with Crippen molar-refractivity contribution in [3.05, 3.63) is 71.5 Å². The fraction of sp³-hybridized carbons (Fsp3) is 0.444. The number of ether oxygens (including phenoxy) is 1. The average Bonchev–Trinajstić information content (AvgIpc) is 3.33. The quantitative estimate of drug-likeness (QED) is 0.599. The van der Waals surface area contributed by atoms with E-state index in [9.17, 15) is 4.79 Å². The lowest BCUT2D eigenvalue weighted by Gasteiger charge is -2.44. The van der Waals surface area contributed by atoms with Crippen LogP contribution in [0.3, 0.4) is 0 Å². The highest BCUT2D eigenvalue weighted by Gasteiger charge is 2.54. The molecule has 1 fully saturated rings. The fourth-order valence-corrected chi connectivity index (χ4v) is 5.72. The molecule has 1 amide bonds. The van der Waals surface area contributed by atoms with Crippen molar-refractivity contribution in [1.82, 2.24) is 10.2 Å². The number of likely N-dealkylation sites (tertiary alicyclic amines) is 1. The maximum atomic E-state index is 12.3. The van der Waals surface area contributed by atoms with Crippen LogP contribution in [0.25, 0.3) is 11.0 Å². The highest BCUT2D eigenvalue weighted by atomic mass is 16.5. The number of rotatable bonds is 6. The van der Waals surface area contributed by atoms with Crippen molar-refractivity contribution in [2.45, 2.75) is 57.2 Å². The van der Waals surface area contributed by atoms with Crippen LogP contribution in [0, 0.1) is 0 Å². The van der Waals surface area contributed by atoms with E-state index in [1.165, 1.54) is 11.1 Å². The van der Waals surface area contributed by atoms with Crippen molar-refractivity contribution < 1.29 is 13.9 Å². The first-order valence-corrected chi connectivity index (χ1v) is 11.8. The minimum atomic E-state index is -0.0828. The second-order valence-corrected chi connectivity index (χ2v) is 9.04. The van der Waals surface area contributed by atoms with Crippen molar-refractivity contribution in [3.63, 3.8) is 0 Å². The summed E-state index contributed by atoms with van der Waals surface area (Å²) >= 11 is 0. The Kier molecular flexibility index (Phi) is 5.78. The molecule has 0 saturated carbocycles. The molecular weight excluding hydrogens is 400 g/mol. The van der Waals surface area contributed by atoms with E-state index in [1.54, 1.807) is 0 Å². The first kappa shape index (κ1) is 21.2. The summed E-state index contributed by atoms with van der Waals surface area (Å²) in [6.45, 7) is 7.36. The Morgan fingerprint density at radius 2 is 1.88 bits per heavy atom. The number of piperidine rings is 1. The van der Waals surface area contributed by atoms with Crippen LogP contribution in [0.5, 0.6) is 0 Å². The first-order valence-electron chi connectivity index (χ1n) is 11.8. The summed E-state index contributed by atoms with van der Waals surface area (Å²) in [7, 11) is 0. The molecule has 2 atom stereocenters. The van der Waals surface area contributed by atoms with Crippen LogP contribution in [0.1, 0.15) is 56.0 Å². The Balaban J connectivity index is 1.38. The van der Waals surface area contributed by atoms with E-state index in [-0.39, 0.29) is 23.5 Å². The van der Waals surface area contributed by atoms with Gasteiger partial charge in [-0.15, -0.1) is 0 Å². The molecule has 1 aromatic heterocycles. The Bertz CT molecular complexity index is 1060. The Morgan fingerprint density at radius 3 is 2.62 bits per heavy atom. The lowest BCUT2D eigenvalue weighted by atomic mass is 9.72. The van der Waals surface area contributed by atoms with Crippen molar-refractivity contribution in [2.75, 3.05) is 19.7 Å². The van der Waals surface area contributed by atoms with Gasteiger partial charge in [-0.05, 0) is 56.1 Å². The van der Waals surface area contributed by atoms with Crippen LogP contribution in [0.15, 0.2) is 59.0 Å². The number of benzene rings is 2. The molecule has 1 spiro atoms. The fourth-order valence-electron chi connectivity index (χ4n) is 5.72. The van der Waals surface area contributed by atoms with Crippen molar-refractivity contribution in [2.24, 2.45) is 0 Å². The lowest BCUT2D eigenvalue weighted by molar-refractivity contribution is -0.123. The van der Waals surface area contributed by atoms with Crippen LogP contribution in [-0.2, 0) is 21.5 Å². The molecule has 0 radical (unpaired) electrons. The van der Waals surface area contributed by atoms with Crippen LogP contribution in [0.2, 0.25) is 0 Å². The van der Waals surface area contributed by atoms with Crippen LogP contribution in [-0.4, -0.2) is 36.6 Å². The molecule has 3 aromatic rings. The number of fused-ring (bicyclic) bond motifs is 3. The summed E-state index contributed by atoms with van der Waals surface area (Å²) in [5.41, 5.74) is 3.45. The van der Waals surface area contributed by atoms with Gasteiger partial charge in [-0.1, -0.05) is 49.4 Å². The molecule has 32 heavy (non-hydrogen) atoms. The summed E-state index contributed by atoms with van der Waals surface area (Å²) in [6, 6.07) is 18.9. The van der Waals surface area contributed by atoms with Crippen molar-refractivity contribution in [1.29, 1.82) is 0 Å². The normalized spacial score (nSPS) is 22.3. The van der Waals surface area contributed by atoms with Gasteiger partial charge in [0.1, 0.15) is 11.3 Å². The second kappa shape index (κ2) is 8.72. The van der Waals surface area contributed by atoms with Crippen molar-refractivity contribution in [3.8, 4) is 0 Å². The zero-order chi connectivity index (χ0) is 22.1. The van der Waals surface area contributed by atoms with Gasteiger partial charge in [0, 0.05) is 23.8 Å². The molecule has 2 aromatic carbocycles. The number of nitrogens with zero attached hydrogens (tertiary/aromatic N) is 1. The highest BCUT2D eigenvalue weighted by Crippen LogP contribution is 2.52. The number of carbonyl (C=O) groups is 1. The number of carbonyl (C=O) groups excluding carboxylic acids is 1. The van der Waals surface area contributed by atoms with E-state index >= 15 is 0 Å². The van der Waals surface area contributed by atoms with Gasteiger partial charge in [0.25, 0.3) is 0 Å². The zero-order valence-corrected chi connectivity index (χ0v) is 19.0. The van der Waals surface area contributed by atoms with Gasteiger partial charge in [-0.25, -0.2) is 0 Å². The molecule has 1 N–H and O–H groups in total. The molecule has 5 heteroatoms. The third-order valence-electron chi connectivity index (χ3n) is 7.27. The summed E-state index contributed by atoms with van der Waals surface area (Å²) in [4.78, 5) is 14.8. The monoisotopic (exact) mass is 432 g/mol. The topological polar surface area (TPSA) is 54.7 Å². The minimum absolute atomic E-state index is 0.0336. The van der Waals surface area contributed by atoms with Gasteiger partial charge in [-0.2, -0.15) is 0 Å². The standard InChI is InChI=1S/C27H32N2O3/c1-3-24(30)28-25-21-10-6-7-11-22(21)27(26(25)31-4-2)13-15-29(16-14-27)18-20-17-19-9-5-8-12-23(19)32-20/h5-12,17,25-26H,3-4,13-16,18H2,1-2H3,(H,28,30)/t25-,26+/m0/s1. The van der Waals surface area contributed by atoms with Gasteiger partial charge in [0.15, 0.2) is 0 Å². The smallest absolute Gasteiger partial charge is 0.220 e. The predicted molar refractivity (Wildman–Crippen MR) is 125 cm³/mol. The molecule has 0 unspecified atom stereocenters. The van der Waals surface area contributed by atoms with E-state index < -0.39 is 0 Å². The number of furan rings is 1. The van der Waals surface area contributed by atoms with Gasteiger partial charge in [0.05, 0.1) is 18.7 Å². The van der Waals surface area contributed by atoms with E-state index in [0.29, 0.717) is 13.0 Å². The molecule has 168 valence electrons. The van der Waals surface area contributed by atoms with Gasteiger partial charge in [0.2, 0.25) is 5.91 Å². The molecular formula is C27H32N2O3. The van der Waals surface area contributed by atoms with Crippen molar-refractivity contribution >= 4 is 16.9 Å². The van der Waals surface area contributed by atoms with Gasteiger partial charge < -0.3 is 14.5 Å². The second-order valence-electron chi connectivity index (χ2n) is 9.04. The molecule has 2 aliphatic rings. The van der Waals surface area contributed by atoms with Crippen LogP contribution >= 0.6 is 0 Å². The summed E-state index contributed by atoms with van der Waals surface area (Å²) in [5, 5.41) is 4.42. The number of nitrogens with one attached hydrogen (secondary N) is 1. The summed E-state index contributed by atoms with van der Waals surface area (Å²) in [5.74, 6) is 1.09. The molecule has 5 nitrogen and oxygen atoms in total. The maximum absolute atomic E-state index is 12.3. The Labute approximate surface area is 189 Å². The molecule has 1 saturated heterocycles. The van der Waals surface area contributed by atoms with Gasteiger partial charge >= 0.3 is 0 Å². The maximum Gasteiger partial charge on any atom is 0.220 e. The number of hydrogen-bond acceptors (Lipinski definition) is 4. The van der Waals surface area contributed by atoms with Crippen LogP contribution < -0.4 is 5.32 Å². The number of para-hydroxylation sites is 1. The SMILES string of the molecule is CCO[C@@H]1[C@@H](NC(=O)CC)c2ccccc2C12CCN(Cc1cc3ccccc3o1)CC2. The largest absolute Gasteiger partial charge is 0.460 e. The van der Waals surface area contributed by atoms with E-state index in [0.717, 1.165) is 49.2 Å². The molecule has 2 heterocycles. The minimum Gasteiger partial charge on any atom is -0.460 e. The molecule has 1 aliphatic heterocycles. The average molecular weight is 433 g/mol. The zero-order valence-electron chi connectivity index (χ0n) is 19.0. The summed E-state index contributed by atoms with van der Waals surface area (Å²) in [6.07, 6.45) is 2.46. The summed E-state index contributed by atoms with van der Waals surface area (Å²) < 4.78 is 12.4. The Morgan fingerprint density at radius 1 is 1.12 bits per heavy atom. The van der Waals surface area contributed by atoms with E-state index in [2.05, 4.69) is 46.6 Å². The molecule has 1 aliphatic carbocycles.